The molecule has 2 heterocycles. The first kappa shape index (κ1) is 15.4. The number of aromatic nitrogens is 2. The molecule has 1 aromatic rings. The van der Waals surface area contributed by atoms with E-state index in [1.54, 1.807) is 6.92 Å². The van der Waals surface area contributed by atoms with Gasteiger partial charge in [-0.25, -0.2) is 4.98 Å². The fraction of sp³-hybridized carbons (Fsp3) is 0.692. The van der Waals surface area contributed by atoms with E-state index < -0.39 is 16.1 Å². The molecule has 2 N–H and O–H groups in total. The van der Waals surface area contributed by atoms with Gasteiger partial charge in [-0.2, -0.15) is 4.98 Å². The van der Waals surface area contributed by atoms with Crippen LogP contribution >= 0.6 is 0 Å². The van der Waals surface area contributed by atoms with Crippen LogP contribution in [-0.4, -0.2) is 39.2 Å². The van der Waals surface area contributed by atoms with Crippen molar-refractivity contribution in [3.63, 3.8) is 0 Å². The van der Waals surface area contributed by atoms with Gasteiger partial charge in [0.15, 0.2) is 0 Å². The van der Waals surface area contributed by atoms with Gasteiger partial charge in [-0.3, -0.25) is 10.1 Å². The van der Waals surface area contributed by atoms with Crippen LogP contribution in [0.1, 0.15) is 33.4 Å². The number of rotatable bonds is 2. The molecule has 8 nitrogen and oxygen atoms in total. The third-order valence-electron chi connectivity index (χ3n) is 3.24. The lowest BCUT2D eigenvalue weighted by atomic mass is 9.99. The summed E-state index contributed by atoms with van der Waals surface area (Å²) in [5.74, 6) is 0.296. The lowest BCUT2D eigenvalue weighted by Crippen LogP contribution is -2.57. The van der Waals surface area contributed by atoms with Crippen molar-refractivity contribution >= 4 is 17.5 Å². The van der Waals surface area contributed by atoms with Crippen molar-refractivity contribution in [1.82, 2.24) is 9.97 Å². The topological polar surface area (TPSA) is 107 Å². The SMILES string of the molecule is Cc1nc(N)nc(N2CC(C)(C)OC(C)(C)C2)c1[N+](=O)[O-]. The first-order chi connectivity index (χ1) is 9.51. The normalized spacial score (nSPS) is 20.3. The monoisotopic (exact) mass is 295 g/mol. The number of nitrogens with two attached hydrogens (primary N) is 1. The van der Waals surface area contributed by atoms with Crippen LogP contribution < -0.4 is 10.6 Å². The smallest absolute Gasteiger partial charge is 0.332 e. The summed E-state index contributed by atoms with van der Waals surface area (Å²) >= 11 is 0. The highest BCUT2D eigenvalue weighted by atomic mass is 16.6. The summed E-state index contributed by atoms with van der Waals surface area (Å²) in [4.78, 5) is 20.7. The summed E-state index contributed by atoms with van der Waals surface area (Å²) in [5, 5.41) is 11.3. The lowest BCUT2D eigenvalue weighted by molar-refractivity contribution is -0.385. The molecule has 8 heteroatoms. The van der Waals surface area contributed by atoms with Crippen molar-refractivity contribution < 1.29 is 9.66 Å². The van der Waals surface area contributed by atoms with E-state index in [1.165, 1.54) is 0 Å². The second-order valence-electron chi connectivity index (χ2n) is 6.57. The molecule has 0 amide bonds. The number of morpholine rings is 1. The van der Waals surface area contributed by atoms with Crippen molar-refractivity contribution in [3.8, 4) is 0 Å². The first-order valence-electron chi connectivity index (χ1n) is 6.74. The summed E-state index contributed by atoms with van der Waals surface area (Å²) in [6.45, 7) is 10.3. The van der Waals surface area contributed by atoms with E-state index in [2.05, 4.69) is 9.97 Å². The van der Waals surface area contributed by atoms with Crippen molar-refractivity contribution in [3.05, 3.63) is 15.8 Å². The van der Waals surface area contributed by atoms with E-state index in [0.717, 1.165) is 0 Å². The number of anilines is 2. The van der Waals surface area contributed by atoms with E-state index in [1.807, 2.05) is 32.6 Å². The number of nitrogens with zero attached hydrogens (tertiary/aromatic N) is 4. The third-order valence-corrected chi connectivity index (χ3v) is 3.24. The molecule has 1 fully saturated rings. The summed E-state index contributed by atoms with van der Waals surface area (Å²) in [6.07, 6.45) is 0. The highest BCUT2D eigenvalue weighted by molar-refractivity contribution is 5.62. The van der Waals surface area contributed by atoms with Crippen LogP contribution in [0.2, 0.25) is 0 Å². The van der Waals surface area contributed by atoms with Gasteiger partial charge >= 0.3 is 5.69 Å². The van der Waals surface area contributed by atoms with Crippen LogP contribution in [0.25, 0.3) is 0 Å². The molecule has 0 aliphatic carbocycles. The molecular weight excluding hydrogens is 274 g/mol. The summed E-state index contributed by atoms with van der Waals surface area (Å²) in [7, 11) is 0. The average Bonchev–Trinajstić information content (AvgIpc) is 2.22. The maximum atomic E-state index is 11.3. The maximum Gasteiger partial charge on any atom is 0.332 e. The highest BCUT2D eigenvalue weighted by Gasteiger charge is 2.41. The third kappa shape index (κ3) is 3.21. The molecule has 0 spiro atoms. The van der Waals surface area contributed by atoms with Crippen LogP contribution in [0.5, 0.6) is 0 Å². The van der Waals surface area contributed by atoms with E-state index >= 15 is 0 Å². The predicted octanol–water partition coefficient (Wildman–Crippen LogP) is 1.67. The van der Waals surface area contributed by atoms with Gasteiger partial charge in [-0.15, -0.1) is 0 Å². The Kier molecular flexibility index (Phi) is 3.53. The molecule has 0 atom stereocenters. The highest BCUT2D eigenvalue weighted by Crippen LogP contribution is 2.36. The number of ether oxygens (including phenoxy) is 1. The van der Waals surface area contributed by atoms with Gasteiger partial charge in [0.1, 0.15) is 5.69 Å². The Balaban J connectivity index is 2.53. The average molecular weight is 295 g/mol. The largest absolute Gasteiger partial charge is 0.368 e. The molecule has 1 saturated heterocycles. The Morgan fingerprint density at radius 3 is 2.24 bits per heavy atom. The number of nitro groups is 1. The Labute approximate surface area is 123 Å². The standard InChI is InChI=1S/C13H21N5O3/c1-8-9(18(19)20)10(16-11(14)15-8)17-6-12(2,3)21-13(4,5)7-17/h6-7H2,1-5H3,(H2,14,15,16). The van der Waals surface area contributed by atoms with Crippen molar-refractivity contribution in [1.29, 1.82) is 0 Å². The van der Waals surface area contributed by atoms with Crippen LogP contribution in [0.3, 0.4) is 0 Å². The number of aryl methyl sites for hydroxylation is 1. The van der Waals surface area contributed by atoms with Crippen LogP contribution in [-0.2, 0) is 4.74 Å². The molecule has 0 saturated carbocycles. The van der Waals surface area contributed by atoms with Crippen LogP contribution in [0, 0.1) is 17.0 Å². The molecule has 2 rings (SSSR count). The van der Waals surface area contributed by atoms with Gasteiger partial charge in [0.25, 0.3) is 0 Å². The van der Waals surface area contributed by atoms with Gasteiger partial charge < -0.3 is 15.4 Å². The Morgan fingerprint density at radius 2 is 1.76 bits per heavy atom. The summed E-state index contributed by atoms with van der Waals surface area (Å²) in [5.41, 5.74) is 4.95. The minimum atomic E-state index is -0.459. The minimum Gasteiger partial charge on any atom is -0.368 e. The Bertz CT molecular complexity index is 569. The van der Waals surface area contributed by atoms with Gasteiger partial charge in [0.05, 0.1) is 16.1 Å². The quantitative estimate of drug-likeness (QED) is 0.653. The van der Waals surface area contributed by atoms with Crippen molar-refractivity contribution in [2.75, 3.05) is 23.7 Å². The van der Waals surface area contributed by atoms with E-state index in [-0.39, 0.29) is 23.1 Å². The zero-order valence-corrected chi connectivity index (χ0v) is 13.0. The zero-order valence-electron chi connectivity index (χ0n) is 13.0. The van der Waals surface area contributed by atoms with Crippen LogP contribution in [0.15, 0.2) is 0 Å². The summed E-state index contributed by atoms with van der Waals surface area (Å²) < 4.78 is 5.99. The van der Waals surface area contributed by atoms with Crippen molar-refractivity contribution in [2.45, 2.75) is 45.8 Å². The van der Waals surface area contributed by atoms with E-state index in [4.69, 9.17) is 10.5 Å². The minimum absolute atomic E-state index is 0.0372. The fourth-order valence-electron chi connectivity index (χ4n) is 2.94. The molecular formula is C13H21N5O3. The fourth-order valence-corrected chi connectivity index (χ4v) is 2.94. The van der Waals surface area contributed by atoms with E-state index in [9.17, 15) is 10.1 Å². The Morgan fingerprint density at radius 1 is 1.24 bits per heavy atom. The molecule has 1 aliphatic rings. The molecule has 1 aliphatic heterocycles. The molecule has 0 aromatic carbocycles. The Hall–Kier alpha value is -1.96. The molecule has 1 aromatic heterocycles. The number of hydrogen-bond donors (Lipinski definition) is 1. The summed E-state index contributed by atoms with van der Waals surface area (Å²) in [6, 6.07) is 0. The first-order valence-corrected chi connectivity index (χ1v) is 6.74. The molecule has 0 unspecified atom stereocenters. The molecule has 0 radical (unpaired) electrons. The number of hydrogen-bond acceptors (Lipinski definition) is 7. The zero-order chi connectivity index (χ0) is 16.0. The molecule has 21 heavy (non-hydrogen) atoms. The maximum absolute atomic E-state index is 11.3. The van der Waals surface area contributed by atoms with Gasteiger partial charge in [0.2, 0.25) is 11.8 Å². The number of nitrogen functional groups attached to an aromatic ring is 1. The predicted molar refractivity (Wildman–Crippen MR) is 79.3 cm³/mol. The van der Waals surface area contributed by atoms with Gasteiger partial charge in [-0.1, -0.05) is 0 Å². The van der Waals surface area contributed by atoms with Crippen LogP contribution in [0.4, 0.5) is 17.5 Å². The van der Waals surface area contributed by atoms with E-state index in [0.29, 0.717) is 13.1 Å². The second-order valence-corrected chi connectivity index (χ2v) is 6.57. The lowest BCUT2D eigenvalue weighted by Gasteiger charge is -2.47. The molecule has 116 valence electrons. The van der Waals surface area contributed by atoms with Crippen molar-refractivity contribution in [2.24, 2.45) is 0 Å². The molecule has 0 bridgehead atoms. The second kappa shape index (κ2) is 4.80. The van der Waals surface area contributed by atoms with Gasteiger partial charge in [0, 0.05) is 13.1 Å². The van der Waals surface area contributed by atoms with Gasteiger partial charge in [-0.05, 0) is 34.6 Å².